The second-order valence-corrected chi connectivity index (χ2v) is 3.43. The van der Waals surface area contributed by atoms with E-state index in [1.54, 1.807) is 6.07 Å². The smallest absolute Gasteiger partial charge is 0.397 e. The van der Waals surface area contributed by atoms with E-state index in [-0.39, 0.29) is 16.6 Å². The van der Waals surface area contributed by atoms with Crippen molar-refractivity contribution in [3.8, 4) is 6.07 Å². The number of halogens is 3. The molecule has 0 unspecified atom stereocenters. The maximum atomic E-state index is 12.5. The number of anilines is 1. The van der Waals surface area contributed by atoms with Gasteiger partial charge in [-0.05, 0) is 18.2 Å². The second-order valence-electron chi connectivity index (χ2n) is 3.43. The minimum Gasteiger partial charge on any atom is -0.397 e. The predicted octanol–water partition coefficient (Wildman–Crippen LogP) is 2.71. The van der Waals surface area contributed by atoms with Gasteiger partial charge in [-0.15, -0.1) is 0 Å². The molecule has 3 nitrogen and oxygen atoms in total. The first-order valence-corrected chi connectivity index (χ1v) is 4.59. The molecular formula is C11H6F3N3. The van der Waals surface area contributed by atoms with Gasteiger partial charge in [0.05, 0.1) is 22.3 Å². The van der Waals surface area contributed by atoms with E-state index in [0.717, 1.165) is 12.1 Å². The number of rotatable bonds is 0. The average molecular weight is 237 g/mol. The van der Waals surface area contributed by atoms with E-state index < -0.39 is 11.7 Å². The summed E-state index contributed by atoms with van der Waals surface area (Å²) in [6, 6.07) is 4.84. The fourth-order valence-electron chi connectivity index (χ4n) is 1.48. The molecule has 86 valence electrons. The maximum absolute atomic E-state index is 12.5. The Morgan fingerprint density at radius 2 is 2.00 bits per heavy atom. The molecule has 2 aromatic rings. The highest BCUT2D eigenvalue weighted by Crippen LogP contribution is 2.33. The zero-order chi connectivity index (χ0) is 12.6. The third-order valence-electron chi connectivity index (χ3n) is 2.36. The van der Waals surface area contributed by atoms with Gasteiger partial charge in [-0.2, -0.15) is 18.4 Å². The lowest BCUT2D eigenvalue weighted by molar-refractivity contribution is -0.137. The first-order valence-electron chi connectivity index (χ1n) is 4.59. The maximum Gasteiger partial charge on any atom is 0.416 e. The number of nitriles is 1. The molecular weight excluding hydrogens is 231 g/mol. The number of nitrogen functional groups attached to an aromatic ring is 1. The first-order chi connectivity index (χ1) is 7.93. The molecule has 0 atom stereocenters. The molecule has 0 aliphatic rings. The molecule has 6 heteroatoms. The Morgan fingerprint density at radius 1 is 1.29 bits per heavy atom. The van der Waals surface area contributed by atoms with Crippen LogP contribution in [0.4, 0.5) is 18.9 Å². The summed E-state index contributed by atoms with van der Waals surface area (Å²) in [7, 11) is 0. The van der Waals surface area contributed by atoms with Gasteiger partial charge in [0.1, 0.15) is 6.07 Å². The van der Waals surface area contributed by atoms with Crippen molar-refractivity contribution in [3.63, 3.8) is 0 Å². The van der Waals surface area contributed by atoms with Gasteiger partial charge in [-0.25, -0.2) is 0 Å². The van der Waals surface area contributed by atoms with E-state index in [9.17, 15) is 13.2 Å². The van der Waals surface area contributed by atoms with Crippen molar-refractivity contribution in [3.05, 3.63) is 35.5 Å². The van der Waals surface area contributed by atoms with Crippen LogP contribution in [-0.2, 0) is 6.18 Å². The number of fused-ring (bicyclic) bond motifs is 1. The number of nitrogens with two attached hydrogens (primary N) is 1. The summed E-state index contributed by atoms with van der Waals surface area (Å²) in [6.07, 6.45) is -3.20. The van der Waals surface area contributed by atoms with Gasteiger partial charge in [0, 0.05) is 11.6 Å². The Hall–Kier alpha value is -2.29. The molecule has 1 aromatic heterocycles. The molecule has 1 heterocycles. The third kappa shape index (κ3) is 1.87. The zero-order valence-corrected chi connectivity index (χ0v) is 8.42. The molecule has 0 amide bonds. The van der Waals surface area contributed by atoms with E-state index in [1.807, 2.05) is 0 Å². The molecule has 0 saturated carbocycles. The normalized spacial score (nSPS) is 11.4. The molecule has 0 spiro atoms. The predicted molar refractivity (Wildman–Crippen MR) is 55.9 cm³/mol. The monoisotopic (exact) mass is 237 g/mol. The van der Waals surface area contributed by atoms with Crippen molar-refractivity contribution in [1.29, 1.82) is 5.26 Å². The number of hydrogen-bond donors (Lipinski definition) is 1. The SMILES string of the molecule is N#Cc1cnc2ccc(C(F)(F)F)cc2c1N. The molecule has 0 aliphatic carbocycles. The van der Waals surface area contributed by atoms with Gasteiger partial charge in [-0.3, -0.25) is 4.98 Å². The average Bonchev–Trinajstić information content (AvgIpc) is 2.28. The van der Waals surface area contributed by atoms with Crippen LogP contribution < -0.4 is 5.73 Å². The summed E-state index contributed by atoms with van der Waals surface area (Å²) in [6.45, 7) is 0. The lowest BCUT2D eigenvalue weighted by atomic mass is 10.1. The van der Waals surface area contributed by atoms with E-state index >= 15 is 0 Å². The summed E-state index contributed by atoms with van der Waals surface area (Å²) >= 11 is 0. The first kappa shape index (κ1) is 11.2. The highest BCUT2D eigenvalue weighted by Gasteiger charge is 2.30. The lowest BCUT2D eigenvalue weighted by Crippen LogP contribution is -2.05. The van der Waals surface area contributed by atoms with Crippen LogP contribution in [0.25, 0.3) is 10.9 Å². The quantitative estimate of drug-likeness (QED) is 0.766. The van der Waals surface area contributed by atoms with Gasteiger partial charge in [-0.1, -0.05) is 0 Å². The van der Waals surface area contributed by atoms with Crippen LogP contribution in [0.3, 0.4) is 0 Å². The minimum absolute atomic E-state index is 0.0172. The Balaban J connectivity index is 2.76. The Bertz CT molecular complexity index is 626. The molecule has 0 fully saturated rings. The fourth-order valence-corrected chi connectivity index (χ4v) is 1.48. The lowest BCUT2D eigenvalue weighted by Gasteiger charge is -2.09. The largest absolute Gasteiger partial charge is 0.416 e. The summed E-state index contributed by atoms with van der Waals surface area (Å²) in [5.41, 5.74) is 5.21. The molecule has 2 N–H and O–H groups in total. The zero-order valence-electron chi connectivity index (χ0n) is 8.42. The summed E-state index contributed by atoms with van der Waals surface area (Å²) in [5, 5.41) is 8.85. The van der Waals surface area contributed by atoms with Gasteiger partial charge in [0.2, 0.25) is 0 Å². The highest BCUT2D eigenvalue weighted by atomic mass is 19.4. The molecule has 1 aromatic carbocycles. The van der Waals surface area contributed by atoms with Gasteiger partial charge in [0.25, 0.3) is 0 Å². The van der Waals surface area contributed by atoms with Crippen LogP contribution in [0.5, 0.6) is 0 Å². The van der Waals surface area contributed by atoms with Crippen molar-refractivity contribution in [2.24, 2.45) is 0 Å². The number of alkyl halides is 3. The van der Waals surface area contributed by atoms with Crippen molar-refractivity contribution in [2.45, 2.75) is 6.18 Å². The Labute approximate surface area is 94.3 Å². The van der Waals surface area contributed by atoms with Crippen molar-refractivity contribution in [1.82, 2.24) is 4.98 Å². The molecule has 17 heavy (non-hydrogen) atoms. The summed E-state index contributed by atoms with van der Waals surface area (Å²) < 4.78 is 37.5. The topological polar surface area (TPSA) is 62.7 Å². The van der Waals surface area contributed by atoms with E-state index in [0.29, 0.717) is 5.52 Å². The van der Waals surface area contributed by atoms with Crippen LogP contribution in [0.2, 0.25) is 0 Å². The molecule has 0 bridgehead atoms. The van der Waals surface area contributed by atoms with Crippen LogP contribution in [0, 0.1) is 11.3 Å². The minimum atomic E-state index is -4.44. The number of aromatic nitrogens is 1. The van der Waals surface area contributed by atoms with Crippen molar-refractivity contribution < 1.29 is 13.2 Å². The van der Waals surface area contributed by atoms with Crippen LogP contribution in [-0.4, -0.2) is 4.98 Å². The number of nitrogens with zero attached hydrogens (tertiary/aromatic N) is 2. The van der Waals surface area contributed by atoms with Gasteiger partial charge < -0.3 is 5.73 Å². The molecule has 0 aliphatic heterocycles. The van der Waals surface area contributed by atoms with Crippen LogP contribution in [0.1, 0.15) is 11.1 Å². The van der Waals surface area contributed by atoms with Crippen LogP contribution in [0.15, 0.2) is 24.4 Å². The number of benzene rings is 1. The summed E-state index contributed by atoms with van der Waals surface area (Å²) in [4.78, 5) is 3.87. The van der Waals surface area contributed by atoms with Gasteiger partial charge >= 0.3 is 6.18 Å². The molecule has 2 rings (SSSR count). The van der Waals surface area contributed by atoms with Crippen molar-refractivity contribution >= 4 is 16.6 Å². The second kappa shape index (κ2) is 3.63. The van der Waals surface area contributed by atoms with Crippen LogP contribution >= 0.6 is 0 Å². The fraction of sp³-hybridized carbons (Fsp3) is 0.0909. The standard InChI is InChI=1S/C11H6F3N3/c12-11(13,14)7-1-2-9-8(3-7)10(16)6(4-15)5-17-9/h1-3,5H,(H2,16,17). The summed E-state index contributed by atoms with van der Waals surface area (Å²) in [5.74, 6) is 0. The third-order valence-corrected chi connectivity index (χ3v) is 2.36. The Kier molecular flexibility index (Phi) is 2.39. The Morgan fingerprint density at radius 3 is 2.59 bits per heavy atom. The van der Waals surface area contributed by atoms with E-state index in [4.69, 9.17) is 11.0 Å². The molecule has 0 saturated heterocycles. The van der Waals surface area contributed by atoms with Gasteiger partial charge in [0.15, 0.2) is 0 Å². The van der Waals surface area contributed by atoms with E-state index in [2.05, 4.69) is 4.98 Å². The van der Waals surface area contributed by atoms with Crippen molar-refractivity contribution in [2.75, 3.05) is 5.73 Å². The van der Waals surface area contributed by atoms with E-state index in [1.165, 1.54) is 12.3 Å². The molecule has 0 radical (unpaired) electrons. The highest BCUT2D eigenvalue weighted by molar-refractivity contribution is 5.93. The number of pyridine rings is 1. The number of hydrogen-bond acceptors (Lipinski definition) is 3.